The van der Waals surface area contributed by atoms with Gasteiger partial charge in [0.1, 0.15) is 5.41 Å². The molecule has 2 aromatic rings. The first-order chi connectivity index (χ1) is 11.9. The first-order valence-corrected chi connectivity index (χ1v) is 8.63. The largest absolute Gasteiger partial charge is 0.325 e. The number of nitriles is 1. The van der Waals surface area contributed by atoms with E-state index in [2.05, 4.69) is 26.6 Å². The van der Waals surface area contributed by atoms with E-state index in [0.717, 1.165) is 10.0 Å². The summed E-state index contributed by atoms with van der Waals surface area (Å²) in [6, 6.07) is 14.1. The first-order valence-electron chi connectivity index (χ1n) is 7.84. The van der Waals surface area contributed by atoms with Crippen molar-refractivity contribution in [3.05, 3.63) is 58.1 Å². The third-order valence-corrected chi connectivity index (χ3v) is 5.20. The van der Waals surface area contributed by atoms with Crippen molar-refractivity contribution in [2.45, 2.75) is 19.8 Å². The van der Waals surface area contributed by atoms with E-state index in [1.807, 2.05) is 25.1 Å². The lowest BCUT2D eigenvalue weighted by Crippen LogP contribution is -2.35. The van der Waals surface area contributed by atoms with E-state index in [1.165, 1.54) is 0 Å². The topological polar surface area (TPSA) is 82.0 Å². The lowest BCUT2D eigenvalue weighted by molar-refractivity contribution is -0.131. The summed E-state index contributed by atoms with van der Waals surface area (Å²) in [6.45, 7) is 1.93. The Morgan fingerprint density at radius 1 is 1.04 bits per heavy atom. The van der Waals surface area contributed by atoms with Gasteiger partial charge in [0.15, 0.2) is 0 Å². The fraction of sp³-hybridized carbons (Fsp3) is 0.211. The molecule has 0 aromatic heterocycles. The highest BCUT2D eigenvalue weighted by Crippen LogP contribution is 2.47. The quantitative estimate of drug-likeness (QED) is 0.765. The number of halogens is 1. The SMILES string of the molecule is Cc1cc(NC(=O)C2(C(=O)Nc3ccc(C#N)cc3)CC2)ccc1Br. The number of amides is 2. The maximum Gasteiger partial charge on any atom is 0.240 e. The summed E-state index contributed by atoms with van der Waals surface area (Å²) in [4.78, 5) is 25.2. The first kappa shape index (κ1) is 17.2. The third-order valence-electron chi connectivity index (χ3n) is 4.31. The number of nitrogens with zero attached hydrogens (tertiary/aromatic N) is 1. The molecule has 1 aliphatic carbocycles. The van der Waals surface area contributed by atoms with Gasteiger partial charge in [0.25, 0.3) is 0 Å². The lowest BCUT2D eigenvalue weighted by atomic mass is 10.0. The van der Waals surface area contributed by atoms with Crippen LogP contribution in [0.3, 0.4) is 0 Å². The Labute approximate surface area is 154 Å². The molecule has 0 atom stereocenters. The minimum Gasteiger partial charge on any atom is -0.325 e. The number of benzene rings is 2. The number of rotatable bonds is 4. The summed E-state index contributed by atoms with van der Waals surface area (Å²) >= 11 is 3.42. The zero-order valence-corrected chi connectivity index (χ0v) is 15.2. The van der Waals surface area contributed by atoms with E-state index in [1.54, 1.807) is 30.3 Å². The maximum atomic E-state index is 12.6. The van der Waals surface area contributed by atoms with Crippen LogP contribution in [0.5, 0.6) is 0 Å². The zero-order chi connectivity index (χ0) is 18.0. The molecule has 0 saturated heterocycles. The van der Waals surface area contributed by atoms with Gasteiger partial charge < -0.3 is 10.6 Å². The number of anilines is 2. The second kappa shape index (κ2) is 6.69. The molecule has 0 radical (unpaired) electrons. The van der Waals surface area contributed by atoms with Crippen molar-refractivity contribution in [2.24, 2.45) is 5.41 Å². The molecule has 0 bridgehead atoms. The van der Waals surface area contributed by atoms with E-state index in [0.29, 0.717) is 29.8 Å². The van der Waals surface area contributed by atoms with E-state index in [-0.39, 0.29) is 11.8 Å². The smallest absolute Gasteiger partial charge is 0.240 e. The average molecular weight is 398 g/mol. The molecular formula is C19H16BrN3O2. The van der Waals surface area contributed by atoms with Crippen molar-refractivity contribution in [2.75, 3.05) is 10.6 Å². The molecule has 0 heterocycles. The van der Waals surface area contributed by atoms with Crippen molar-refractivity contribution >= 4 is 39.1 Å². The van der Waals surface area contributed by atoms with Crippen molar-refractivity contribution in [1.82, 2.24) is 0 Å². The van der Waals surface area contributed by atoms with E-state index < -0.39 is 5.41 Å². The minimum absolute atomic E-state index is 0.291. The molecule has 0 unspecified atom stereocenters. The maximum absolute atomic E-state index is 12.6. The molecule has 0 spiro atoms. The second-order valence-corrected chi connectivity index (χ2v) is 7.00. The Morgan fingerprint density at radius 3 is 2.12 bits per heavy atom. The van der Waals surface area contributed by atoms with Crippen LogP contribution in [0.2, 0.25) is 0 Å². The van der Waals surface area contributed by atoms with Crippen molar-refractivity contribution < 1.29 is 9.59 Å². The van der Waals surface area contributed by atoms with Crippen LogP contribution in [0, 0.1) is 23.7 Å². The van der Waals surface area contributed by atoms with Gasteiger partial charge in [-0.15, -0.1) is 0 Å². The molecule has 1 saturated carbocycles. The summed E-state index contributed by atoms with van der Waals surface area (Å²) in [5.41, 5.74) is 1.74. The highest BCUT2D eigenvalue weighted by Gasteiger charge is 2.56. The van der Waals surface area contributed by atoms with Crippen LogP contribution in [0.25, 0.3) is 0 Å². The molecule has 2 aromatic carbocycles. The molecule has 5 nitrogen and oxygen atoms in total. The molecule has 6 heteroatoms. The normalized spacial score (nSPS) is 14.3. The molecule has 2 amide bonds. The Bertz CT molecular complexity index is 881. The van der Waals surface area contributed by atoms with Crippen LogP contribution in [0.15, 0.2) is 46.9 Å². The van der Waals surface area contributed by atoms with Gasteiger partial charge in [0, 0.05) is 15.8 Å². The molecule has 126 valence electrons. The predicted molar refractivity (Wildman–Crippen MR) is 99.0 cm³/mol. The molecule has 2 N–H and O–H groups in total. The number of nitrogens with one attached hydrogen (secondary N) is 2. The molecule has 1 fully saturated rings. The standard InChI is InChI=1S/C19H16BrN3O2/c1-12-10-15(6-7-16(12)20)23-18(25)19(8-9-19)17(24)22-14-4-2-13(11-21)3-5-14/h2-7,10H,8-9H2,1H3,(H,22,24)(H,23,25). The molecule has 0 aliphatic heterocycles. The highest BCUT2D eigenvalue weighted by molar-refractivity contribution is 9.10. The van der Waals surface area contributed by atoms with Crippen LogP contribution >= 0.6 is 15.9 Å². The molecular weight excluding hydrogens is 382 g/mol. The second-order valence-electron chi connectivity index (χ2n) is 6.14. The van der Waals surface area contributed by atoms with E-state index in [4.69, 9.17) is 5.26 Å². The van der Waals surface area contributed by atoms with Crippen molar-refractivity contribution in [1.29, 1.82) is 5.26 Å². The van der Waals surface area contributed by atoms with Gasteiger partial charge in [0.05, 0.1) is 11.6 Å². The highest BCUT2D eigenvalue weighted by atomic mass is 79.9. The van der Waals surface area contributed by atoms with Gasteiger partial charge in [-0.3, -0.25) is 9.59 Å². The van der Waals surface area contributed by atoms with Gasteiger partial charge >= 0.3 is 0 Å². The monoisotopic (exact) mass is 397 g/mol. The number of hydrogen-bond donors (Lipinski definition) is 2. The average Bonchev–Trinajstić information content (AvgIpc) is 3.41. The number of hydrogen-bond acceptors (Lipinski definition) is 3. The van der Waals surface area contributed by atoms with Gasteiger partial charge in [-0.2, -0.15) is 5.26 Å². The summed E-state index contributed by atoms with van der Waals surface area (Å²) < 4.78 is 0.963. The van der Waals surface area contributed by atoms with Crippen LogP contribution in [-0.4, -0.2) is 11.8 Å². The van der Waals surface area contributed by atoms with Gasteiger partial charge in [-0.05, 0) is 67.8 Å². The summed E-state index contributed by atoms with van der Waals surface area (Å²) in [6.07, 6.45) is 1.05. The number of aryl methyl sites for hydroxylation is 1. The Kier molecular flexibility index (Phi) is 4.60. The van der Waals surface area contributed by atoms with Crippen molar-refractivity contribution in [3.63, 3.8) is 0 Å². The van der Waals surface area contributed by atoms with Gasteiger partial charge in [0.2, 0.25) is 11.8 Å². The van der Waals surface area contributed by atoms with E-state index in [9.17, 15) is 9.59 Å². The molecule has 3 rings (SSSR count). The van der Waals surface area contributed by atoms with Crippen LogP contribution in [-0.2, 0) is 9.59 Å². The Hall–Kier alpha value is -2.65. The van der Waals surface area contributed by atoms with Gasteiger partial charge in [-0.1, -0.05) is 15.9 Å². The van der Waals surface area contributed by atoms with Crippen LogP contribution < -0.4 is 10.6 Å². The molecule has 1 aliphatic rings. The van der Waals surface area contributed by atoms with E-state index >= 15 is 0 Å². The zero-order valence-electron chi connectivity index (χ0n) is 13.6. The molecule has 25 heavy (non-hydrogen) atoms. The summed E-state index contributed by atoms with van der Waals surface area (Å²) in [5, 5.41) is 14.4. The number of carbonyl (C=O) groups excluding carboxylic acids is 2. The fourth-order valence-electron chi connectivity index (χ4n) is 2.53. The minimum atomic E-state index is -1.02. The summed E-state index contributed by atoms with van der Waals surface area (Å²) in [5.74, 6) is -0.607. The van der Waals surface area contributed by atoms with Gasteiger partial charge in [-0.25, -0.2) is 0 Å². The number of carbonyl (C=O) groups is 2. The predicted octanol–water partition coefficient (Wildman–Crippen LogP) is 3.99. The van der Waals surface area contributed by atoms with Crippen molar-refractivity contribution in [3.8, 4) is 6.07 Å². The lowest BCUT2D eigenvalue weighted by Gasteiger charge is -2.16. The van der Waals surface area contributed by atoms with Crippen LogP contribution in [0.4, 0.5) is 11.4 Å². The Morgan fingerprint density at radius 2 is 1.60 bits per heavy atom. The van der Waals surface area contributed by atoms with Crippen LogP contribution in [0.1, 0.15) is 24.0 Å². The third kappa shape index (κ3) is 3.57. The Balaban J connectivity index is 1.69. The fourth-order valence-corrected chi connectivity index (χ4v) is 2.78. The summed E-state index contributed by atoms with van der Waals surface area (Å²) in [7, 11) is 0.